The molecule has 0 saturated heterocycles. The molecule has 0 unspecified atom stereocenters. The second-order valence-electron chi connectivity index (χ2n) is 3.86. The minimum Gasteiger partial charge on any atom is -0.377 e. The summed E-state index contributed by atoms with van der Waals surface area (Å²) >= 11 is 0. The number of carbonyl (C=O) groups is 1. The van der Waals surface area contributed by atoms with Crippen molar-refractivity contribution < 1.29 is 34.4 Å². The van der Waals surface area contributed by atoms with Crippen LogP contribution in [0, 0.1) is 11.3 Å². The predicted octanol–water partition coefficient (Wildman–Crippen LogP) is -2.98. The van der Waals surface area contributed by atoms with Crippen molar-refractivity contribution in [2.75, 3.05) is 24.3 Å². The van der Waals surface area contributed by atoms with Gasteiger partial charge in [0.1, 0.15) is 6.07 Å². The van der Waals surface area contributed by atoms with Crippen molar-refractivity contribution in [2.45, 2.75) is 0 Å². The normalized spacial score (nSPS) is 9.25. The Labute approximate surface area is 137 Å². The molecule has 2 aromatic rings. The largest absolute Gasteiger partial charge is 1.00 e. The Balaban J connectivity index is 0.00000200. The summed E-state index contributed by atoms with van der Waals surface area (Å²) in [5.41, 5.74) is 1.47. The third-order valence-electron chi connectivity index (χ3n) is 2.41. The van der Waals surface area contributed by atoms with E-state index in [0.717, 1.165) is 0 Å². The number of amides is 1. The average molecular weight is 279 g/mol. The summed E-state index contributed by atoms with van der Waals surface area (Å²) in [6, 6.07) is 7.23. The number of nitriles is 1. The van der Waals surface area contributed by atoms with Crippen LogP contribution in [0.15, 0.2) is 18.2 Å². The summed E-state index contributed by atoms with van der Waals surface area (Å²) in [5.74, 6) is -0.698. The number of rotatable bonds is 3. The fraction of sp³-hybridized carbons (Fsp3) is 0.182. The van der Waals surface area contributed by atoms with Gasteiger partial charge in [0.05, 0.1) is 22.8 Å². The summed E-state index contributed by atoms with van der Waals surface area (Å²) in [6.07, 6.45) is 0. The molecule has 1 amide bonds. The van der Waals surface area contributed by atoms with Gasteiger partial charge in [-0.3, -0.25) is 15.1 Å². The van der Waals surface area contributed by atoms with Gasteiger partial charge in [-0.05, 0) is 12.1 Å². The van der Waals surface area contributed by atoms with E-state index >= 15 is 0 Å². The Morgan fingerprint density at radius 1 is 1.45 bits per heavy atom. The van der Waals surface area contributed by atoms with Crippen molar-refractivity contribution in [3.63, 3.8) is 0 Å². The second-order valence-corrected chi connectivity index (χ2v) is 3.86. The van der Waals surface area contributed by atoms with Crippen LogP contribution in [0.25, 0.3) is 0 Å². The van der Waals surface area contributed by atoms with Gasteiger partial charge in [-0.1, -0.05) is 6.07 Å². The zero-order chi connectivity index (χ0) is 13.8. The Hall–Kier alpha value is -1.95. The van der Waals surface area contributed by atoms with Crippen LogP contribution in [0.4, 0.5) is 11.4 Å². The van der Waals surface area contributed by atoms with E-state index in [4.69, 9.17) is 0 Å². The molecule has 1 heterocycles. The average Bonchev–Trinajstić information content (AvgIpc) is 2.92. The first-order valence-electron chi connectivity index (χ1n) is 5.34. The molecule has 2 rings (SSSR count). The number of nitrogens with zero attached hydrogens (tertiary/aromatic N) is 6. The number of tetrazole rings is 1. The Morgan fingerprint density at radius 2 is 2.20 bits per heavy atom. The number of carbonyl (C=O) groups excluding carboxylic acids is 1. The molecule has 0 saturated carbocycles. The molecule has 0 spiro atoms. The van der Waals surface area contributed by atoms with Crippen molar-refractivity contribution in [1.82, 2.24) is 20.6 Å². The van der Waals surface area contributed by atoms with Gasteiger partial charge in [0.15, 0.2) is 0 Å². The molecule has 1 N–H and O–H groups in total. The number of hydrogen-bond donors (Lipinski definition) is 1. The molecule has 1 aromatic heterocycles. The minimum atomic E-state index is -0.558. The van der Waals surface area contributed by atoms with Crippen molar-refractivity contribution in [3.8, 4) is 6.07 Å². The molecule has 0 aliphatic carbocycles. The van der Waals surface area contributed by atoms with Gasteiger partial charge in [-0.2, -0.15) is 10.5 Å². The first kappa shape index (κ1) is 16.1. The molecule has 0 radical (unpaired) electrons. The fourth-order valence-electron chi connectivity index (χ4n) is 1.55. The van der Waals surface area contributed by atoms with Crippen LogP contribution in [-0.2, 0) is 0 Å². The zero-order valence-electron chi connectivity index (χ0n) is 11.3. The number of nitrogens with one attached hydrogen (secondary N) is 1. The van der Waals surface area contributed by atoms with Crippen molar-refractivity contribution >= 4 is 17.3 Å². The van der Waals surface area contributed by atoms with E-state index in [1.807, 2.05) is 14.1 Å². The molecular weight excluding hydrogens is 269 g/mol. The smallest absolute Gasteiger partial charge is 0.377 e. The van der Waals surface area contributed by atoms with Gasteiger partial charge in [-0.25, -0.2) is 0 Å². The predicted molar refractivity (Wildman–Crippen MR) is 66.6 cm³/mol. The molecule has 0 aliphatic heterocycles. The molecular formula is C11H10N7NaO. The summed E-state index contributed by atoms with van der Waals surface area (Å²) in [7, 11) is 3.63. The monoisotopic (exact) mass is 279 g/mol. The molecule has 0 aliphatic rings. The minimum absolute atomic E-state index is 0. The van der Waals surface area contributed by atoms with E-state index in [-0.39, 0.29) is 35.4 Å². The standard InChI is InChI=1S/C11H11N7O.Na/c1-18(2)9-5-3-4-8(7(9)6-12)13-11(19)10-14-16-17-15-10;/h3-5H,1-2H3,(H2,13,14,15,16,17,19);/q;+1/p-1. The molecule has 96 valence electrons. The Kier molecular flexibility index (Phi) is 5.64. The zero-order valence-corrected chi connectivity index (χ0v) is 13.3. The van der Waals surface area contributed by atoms with Gasteiger partial charge in [0, 0.05) is 14.1 Å². The van der Waals surface area contributed by atoms with Crippen LogP contribution in [0.5, 0.6) is 0 Å². The molecule has 1 aromatic carbocycles. The van der Waals surface area contributed by atoms with Crippen LogP contribution in [-0.4, -0.2) is 35.5 Å². The van der Waals surface area contributed by atoms with Gasteiger partial charge in [0.25, 0.3) is 5.91 Å². The van der Waals surface area contributed by atoms with E-state index < -0.39 is 5.91 Å². The first-order chi connectivity index (χ1) is 9.13. The molecule has 0 atom stereocenters. The fourth-order valence-corrected chi connectivity index (χ4v) is 1.55. The van der Waals surface area contributed by atoms with E-state index in [2.05, 4.69) is 32.0 Å². The van der Waals surface area contributed by atoms with E-state index in [1.165, 1.54) is 0 Å². The van der Waals surface area contributed by atoms with Crippen LogP contribution < -0.4 is 44.9 Å². The number of benzene rings is 1. The second kappa shape index (κ2) is 7.00. The van der Waals surface area contributed by atoms with Gasteiger partial charge >= 0.3 is 29.6 Å². The van der Waals surface area contributed by atoms with Crippen LogP contribution in [0.1, 0.15) is 16.2 Å². The van der Waals surface area contributed by atoms with Crippen molar-refractivity contribution in [1.29, 1.82) is 5.26 Å². The van der Waals surface area contributed by atoms with Crippen molar-refractivity contribution in [2.24, 2.45) is 0 Å². The van der Waals surface area contributed by atoms with E-state index in [0.29, 0.717) is 16.9 Å². The molecule has 9 heteroatoms. The summed E-state index contributed by atoms with van der Waals surface area (Å²) in [6.45, 7) is 0. The number of anilines is 2. The quantitative estimate of drug-likeness (QED) is 0.597. The summed E-state index contributed by atoms with van der Waals surface area (Å²) in [5, 5.41) is 25.1. The SMILES string of the molecule is CN(C)c1cccc(NC(=O)c2nnn[n-]2)c1C#N.[Na+]. The topological polar surface area (TPSA) is 109 Å². The number of aromatic nitrogens is 4. The maximum Gasteiger partial charge on any atom is 1.00 e. The van der Waals surface area contributed by atoms with Crippen LogP contribution in [0.2, 0.25) is 0 Å². The maximum atomic E-state index is 11.8. The third-order valence-corrected chi connectivity index (χ3v) is 2.41. The molecule has 0 bridgehead atoms. The van der Waals surface area contributed by atoms with Crippen LogP contribution >= 0.6 is 0 Å². The van der Waals surface area contributed by atoms with Crippen LogP contribution in [0.3, 0.4) is 0 Å². The van der Waals surface area contributed by atoms with Gasteiger partial charge in [0.2, 0.25) is 0 Å². The van der Waals surface area contributed by atoms with Gasteiger partial charge < -0.3 is 15.3 Å². The Morgan fingerprint density at radius 3 is 2.75 bits per heavy atom. The molecule has 20 heavy (non-hydrogen) atoms. The third kappa shape index (κ3) is 3.33. The molecule has 0 fully saturated rings. The molecule has 8 nitrogen and oxygen atoms in total. The Bertz CT molecular complexity index is 633. The van der Waals surface area contributed by atoms with E-state index in [1.54, 1.807) is 23.1 Å². The first-order valence-corrected chi connectivity index (χ1v) is 5.34. The maximum absolute atomic E-state index is 11.8. The summed E-state index contributed by atoms with van der Waals surface area (Å²) in [4.78, 5) is 13.6. The van der Waals surface area contributed by atoms with Crippen molar-refractivity contribution in [3.05, 3.63) is 29.6 Å². The van der Waals surface area contributed by atoms with Gasteiger partial charge in [-0.15, -0.1) is 0 Å². The summed E-state index contributed by atoms with van der Waals surface area (Å²) < 4.78 is 0. The van der Waals surface area contributed by atoms with E-state index in [9.17, 15) is 10.1 Å². The number of hydrogen-bond acceptors (Lipinski definition) is 6.